The van der Waals surface area contributed by atoms with Crippen LogP contribution in [-0.2, 0) is 11.2 Å². The Morgan fingerprint density at radius 1 is 0.852 bits per heavy atom. The Morgan fingerprint density at radius 2 is 1.41 bits per heavy atom. The van der Waals surface area contributed by atoms with Gasteiger partial charge in [0.25, 0.3) is 5.91 Å². The zero-order valence-corrected chi connectivity index (χ0v) is 16.7. The van der Waals surface area contributed by atoms with E-state index in [0.717, 1.165) is 18.7 Å². The minimum Gasteiger partial charge on any atom is -0.338 e. The van der Waals surface area contributed by atoms with Crippen molar-refractivity contribution in [3.8, 4) is 0 Å². The van der Waals surface area contributed by atoms with Gasteiger partial charge in [0.05, 0.1) is 6.42 Å². The van der Waals surface area contributed by atoms with Crippen LogP contribution in [0.25, 0.3) is 0 Å². The highest BCUT2D eigenvalue weighted by atomic mass is 16.2. The third-order valence-electron chi connectivity index (χ3n) is 4.08. The Morgan fingerprint density at radius 3 is 1.93 bits per heavy atom. The number of hydrogen-bond acceptors (Lipinski definition) is 2. The number of nitrogens with zero attached hydrogens (tertiary/aromatic N) is 1. The van der Waals surface area contributed by atoms with Gasteiger partial charge in [0.2, 0.25) is 5.91 Å². The molecule has 0 aliphatic carbocycles. The molecule has 0 aliphatic heterocycles. The van der Waals surface area contributed by atoms with Gasteiger partial charge in [-0.1, -0.05) is 58.0 Å². The lowest BCUT2D eigenvalue weighted by molar-refractivity contribution is -0.115. The Bertz CT molecular complexity index is 727. The van der Waals surface area contributed by atoms with Crippen molar-refractivity contribution in [2.24, 2.45) is 11.8 Å². The monoisotopic (exact) mass is 366 g/mol. The second kappa shape index (κ2) is 9.91. The lowest BCUT2D eigenvalue weighted by Gasteiger charge is -2.26. The molecule has 0 aromatic heterocycles. The lowest BCUT2D eigenvalue weighted by Crippen LogP contribution is -2.37. The summed E-state index contributed by atoms with van der Waals surface area (Å²) in [5.74, 6) is 0.814. The fraction of sp³-hybridized carbons (Fsp3) is 0.391. The molecule has 0 saturated heterocycles. The number of benzene rings is 2. The Labute approximate surface area is 162 Å². The molecule has 0 atom stereocenters. The molecule has 2 amide bonds. The van der Waals surface area contributed by atoms with Gasteiger partial charge in [-0.2, -0.15) is 0 Å². The number of anilines is 1. The molecule has 1 N–H and O–H groups in total. The van der Waals surface area contributed by atoms with Crippen molar-refractivity contribution in [1.82, 2.24) is 4.90 Å². The van der Waals surface area contributed by atoms with E-state index < -0.39 is 0 Å². The number of hydrogen-bond donors (Lipinski definition) is 1. The van der Waals surface area contributed by atoms with E-state index >= 15 is 0 Å². The van der Waals surface area contributed by atoms with Crippen LogP contribution in [-0.4, -0.2) is 29.8 Å². The van der Waals surface area contributed by atoms with E-state index in [1.165, 1.54) is 0 Å². The van der Waals surface area contributed by atoms with Crippen LogP contribution in [0.15, 0.2) is 54.6 Å². The molecule has 2 aromatic rings. The minimum atomic E-state index is -0.0680. The van der Waals surface area contributed by atoms with E-state index in [0.29, 0.717) is 29.5 Å². The van der Waals surface area contributed by atoms with Crippen LogP contribution in [0.1, 0.15) is 43.6 Å². The van der Waals surface area contributed by atoms with Crippen molar-refractivity contribution in [3.05, 3.63) is 65.7 Å². The summed E-state index contributed by atoms with van der Waals surface area (Å²) in [5.41, 5.74) is 2.32. The number of nitrogens with one attached hydrogen (secondary N) is 1. The molecule has 2 rings (SSSR count). The van der Waals surface area contributed by atoms with Gasteiger partial charge in [-0.15, -0.1) is 0 Å². The molecular weight excluding hydrogens is 336 g/mol. The van der Waals surface area contributed by atoms with Crippen molar-refractivity contribution < 1.29 is 9.59 Å². The molecule has 2 aromatic carbocycles. The Hall–Kier alpha value is -2.62. The fourth-order valence-electron chi connectivity index (χ4n) is 2.99. The van der Waals surface area contributed by atoms with Crippen molar-refractivity contribution >= 4 is 17.5 Å². The molecule has 27 heavy (non-hydrogen) atoms. The lowest BCUT2D eigenvalue weighted by atomic mass is 10.1. The summed E-state index contributed by atoms with van der Waals surface area (Å²) in [6.07, 6.45) is 0.331. The van der Waals surface area contributed by atoms with Gasteiger partial charge in [-0.05, 0) is 41.7 Å². The Kier molecular flexibility index (Phi) is 7.59. The highest BCUT2D eigenvalue weighted by Gasteiger charge is 2.18. The van der Waals surface area contributed by atoms with Gasteiger partial charge in [0, 0.05) is 24.3 Å². The van der Waals surface area contributed by atoms with Crippen LogP contribution in [0.4, 0.5) is 5.69 Å². The maximum Gasteiger partial charge on any atom is 0.253 e. The maximum atomic E-state index is 12.8. The van der Waals surface area contributed by atoms with Gasteiger partial charge in [-0.3, -0.25) is 9.59 Å². The number of carbonyl (C=O) groups is 2. The number of rotatable bonds is 8. The molecule has 0 heterocycles. The molecule has 0 bridgehead atoms. The smallest absolute Gasteiger partial charge is 0.253 e. The first-order valence-electron chi connectivity index (χ1n) is 9.58. The zero-order chi connectivity index (χ0) is 19.8. The topological polar surface area (TPSA) is 49.4 Å². The standard InChI is InChI=1S/C23H30N2O2/c1-17(2)15-25(16-18(3)4)23(27)20-10-12-21(13-11-20)24-22(26)14-19-8-6-5-7-9-19/h5-13,17-18H,14-16H2,1-4H3,(H,24,26). The highest BCUT2D eigenvalue weighted by Crippen LogP contribution is 2.14. The average molecular weight is 367 g/mol. The van der Waals surface area contributed by atoms with Crippen molar-refractivity contribution in [2.45, 2.75) is 34.1 Å². The van der Waals surface area contributed by atoms with E-state index in [9.17, 15) is 9.59 Å². The van der Waals surface area contributed by atoms with E-state index in [4.69, 9.17) is 0 Å². The summed E-state index contributed by atoms with van der Waals surface area (Å²) in [7, 11) is 0. The van der Waals surface area contributed by atoms with Gasteiger partial charge >= 0.3 is 0 Å². The van der Waals surface area contributed by atoms with E-state index in [-0.39, 0.29) is 11.8 Å². The molecule has 144 valence electrons. The predicted molar refractivity (Wildman–Crippen MR) is 111 cm³/mol. The van der Waals surface area contributed by atoms with Crippen LogP contribution < -0.4 is 5.32 Å². The minimum absolute atomic E-state index is 0.0413. The van der Waals surface area contributed by atoms with Crippen molar-refractivity contribution in [1.29, 1.82) is 0 Å². The first kappa shape index (κ1) is 20.7. The molecule has 0 unspecified atom stereocenters. The predicted octanol–water partition coefficient (Wildman–Crippen LogP) is 4.62. The van der Waals surface area contributed by atoms with E-state index in [1.54, 1.807) is 24.3 Å². The van der Waals surface area contributed by atoms with Crippen LogP contribution in [0.5, 0.6) is 0 Å². The molecule has 0 saturated carbocycles. The van der Waals surface area contributed by atoms with Gasteiger partial charge in [0.15, 0.2) is 0 Å². The third kappa shape index (κ3) is 6.89. The van der Waals surface area contributed by atoms with Crippen molar-refractivity contribution in [3.63, 3.8) is 0 Å². The van der Waals surface area contributed by atoms with E-state index in [2.05, 4.69) is 33.0 Å². The molecule has 0 aliphatic rings. The normalized spacial score (nSPS) is 10.9. The molecule has 0 spiro atoms. The number of amides is 2. The van der Waals surface area contributed by atoms with Gasteiger partial charge in [-0.25, -0.2) is 0 Å². The summed E-state index contributed by atoms with van der Waals surface area (Å²) in [6, 6.07) is 16.8. The van der Waals surface area contributed by atoms with Crippen LogP contribution in [0.2, 0.25) is 0 Å². The SMILES string of the molecule is CC(C)CN(CC(C)C)C(=O)c1ccc(NC(=O)Cc2ccccc2)cc1. The summed E-state index contributed by atoms with van der Waals surface area (Å²) in [6.45, 7) is 9.95. The van der Waals surface area contributed by atoms with Gasteiger partial charge in [0.1, 0.15) is 0 Å². The zero-order valence-electron chi connectivity index (χ0n) is 16.7. The van der Waals surface area contributed by atoms with Crippen LogP contribution in [0.3, 0.4) is 0 Å². The molecular formula is C23H30N2O2. The molecule has 0 fully saturated rings. The molecule has 4 nitrogen and oxygen atoms in total. The largest absolute Gasteiger partial charge is 0.338 e. The fourth-order valence-corrected chi connectivity index (χ4v) is 2.99. The van der Waals surface area contributed by atoms with Gasteiger partial charge < -0.3 is 10.2 Å². The summed E-state index contributed by atoms with van der Waals surface area (Å²) in [4.78, 5) is 26.9. The average Bonchev–Trinajstić information content (AvgIpc) is 2.61. The van der Waals surface area contributed by atoms with Crippen LogP contribution in [0, 0.1) is 11.8 Å². The molecule has 4 heteroatoms. The van der Waals surface area contributed by atoms with Crippen molar-refractivity contribution in [2.75, 3.05) is 18.4 Å². The Balaban J connectivity index is 2.00. The first-order valence-corrected chi connectivity index (χ1v) is 9.58. The maximum absolute atomic E-state index is 12.8. The summed E-state index contributed by atoms with van der Waals surface area (Å²) < 4.78 is 0. The van der Waals surface area contributed by atoms with E-state index in [1.807, 2.05) is 35.2 Å². The summed E-state index contributed by atoms with van der Waals surface area (Å²) in [5, 5.41) is 2.89. The second-order valence-electron chi connectivity index (χ2n) is 7.79. The summed E-state index contributed by atoms with van der Waals surface area (Å²) >= 11 is 0. The molecule has 0 radical (unpaired) electrons. The number of carbonyl (C=O) groups excluding carboxylic acids is 2. The first-order chi connectivity index (χ1) is 12.8. The highest BCUT2D eigenvalue weighted by molar-refractivity contribution is 5.96. The quantitative estimate of drug-likeness (QED) is 0.741. The third-order valence-corrected chi connectivity index (χ3v) is 4.08. The van der Waals surface area contributed by atoms with Crippen LogP contribution >= 0.6 is 0 Å². The second-order valence-corrected chi connectivity index (χ2v) is 7.79.